The summed E-state index contributed by atoms with van der Waals surface area (Å²) in [7, 11) is 3.86. The van der Waals surface area contributed by atoms with Gasteiger partial charge in [-0.05, 0) is 37.9 Å². The zero-order valence-corrected chi connectivity index (χ0v) is 13.6. The summed E-state index contributed by atoms with van der Waals surface area (Å²) in [6.45, 7) is 0. The number of rotatable bonds is 4. The molecule has 0 aliphatic rings. The second-order valence-electron chi connectivity index (χ2n) is 5.66. The molecule has 0 spiro atoms. The number of nitrogens with zero attached hydrogens (tertiary/aromatic N) is 1. The van der Waals surface area contributed by atoms with Crippen molar-refractivity contribution in [3.63, 3.8) is 0 Å². The Bertz CT molecular complexity index is 870. The van der Waals surface area contributed by atoms with Crippen LogP contribution in [0.25, 0.3) is 10.9 Å². The molecule has 5 heteroatoms. The van der Waals surface area contributed by atoms with Crippen molar-refractivity contribution >= 4 is 28.5 Å². The first-order valence-electron chi connectivity index (χ1n) is 7.25. The average molecular weight is 329 g/mol. The SMILES string of the molecule is CN(C)C(c1ccccc1C(=O)O)c1c[nH]c2cccc(Cl)c12. The van der Waals surface area contributed by atoms with Crippen molar-refractivity contribution in [3.05, 3.63) is 70.4 Å². The summed E-state index contributed by atoms with van der Waals surface area (Å²) >= 11 is 6.39. The topological polar surface area (TPSA) is 56.3 Å². The van der Waals surface area contributed by atoms with Crippen LogP contribution in [0.4, 0.5) is 0 Å². The zero-order chi connectivity index (χ0) is 16.6. The van der Waals surface area contributed by atoms with Gasteiger partial charge in [0.1, 0.15) is 0 Å². The monoisotopic (exact) mass is 328 g/mol. The molecule has 118 valence electrons. The van der Waals surface area contributed by atoms with E-state index in [4.69, 9.17) is 11.6 Å². The minimum Gasteiger partial charge on any atom is -0.478 e. The molecular weight excluding hydrogens is 312 g/mol. The lowest BCUT2D eigenvalue weighted by molar-refractivity contribution is 0.0694. The van der Waals surface area contributed by atoms with E-state index in [-0.39, 0.29) is 6.04 Å². The summed E-state index contributed by atoms with van der Waals surface area (Å²) in [5.74, 6) is -0.932. The van der Waals surface area contributed by atoms with E-state index in [2.05, 4.69) is 4.98 Å². The van der Waals surface area contributed by atoms with E-state index in [1.165, 1.54) is 0 Å². The van der Waals surface area contributed by atoms with Crippen molar-refractivity contribution in [2.45, 2.75) is 6.04 Å². The maximum absolute atomic E-state index is 11.6. The lowest BCUT2D eigenvalue weighted by Crippen LogP contribution is -2.23. The lowest BCUT2D eigenvalue weighted by atomic mass is 9.93. The molecule has 3 rings (SSSR count). The highest BCUT2D eigenvalue weighted by Crippen LogP contribution is 2.37. The molecule has 0 saturated heterocycles. The molecule has 23 heavy (non-hydrogen) atoms. The van der Waals surface area contributed by atoms with Gasteiger partial charge in [-0.3, -0.25) is 4.90 Å². The number of carboxylic acids is 1. The molecular formula is C18H17ClN2O2. The molecule has 1 heterocycles. The van der Waals surface area contributed by atoms with Crippen LogP contribution in [-0.2, 0) is 0 Å². The molecule has 0 aliphatic heterocycles. The van der Waals surface area contributed by atoms with Crippen molar-refractivity contribution < 1.29 is 9.90 Å². The number of halogens is 1. The summed E-state index contributed by atoms with van der Waals surface area (Å²) in [5, 5.41) is 11.1. The molecule has 0 fully saturated rings. The van der Waals surface area contributed by atoms with Crippen LogP contribution in [0, 0.1) is 0 Å². The Morgan fingerprint density at radius 1 is 1.13 bits per heavy atom. The number of aromatic amines is 1. The van der Waals surface area contributed by atoms with Gasteiger partial charge in [-0.1, -0.05) is 35.9 Å². The number of nitrogens with one attached hydrogen (secondary N) is 1. The molecule has 2 aromatic carbocycles. The molecule has 1 aromatic heterocycles. The summed E-state index contributed by atoms with van der Waals surface area (Å²) in [4.78, 5) is 16.8. The van der Waals surface area contributed by atoms with Gasteiger partial charge in [0.2, 0.25) is 0 Å². The number of hydrogen-bond acceptors (Lipinski definition) is 2. The van der Waals surface area contributed by atoms with Crippen LogP contribution in [0.1, 0.15) is 27.5 Å². The van der Waals surface area contributed by atoms with Crippen molar-refractivity contribution in [2.24, 2.45) is 0 Å². The number of fused-ring (bicyclic) bond motifs is 1. The maximum Gasteiger partial charge on any atom is 0.336 e. The van der Waals surface area contributed by atoms with E-state index >= 15 is 0 Å². The Labute approximate surface area is 139 Å². The van der Waals surface area contributed by atoms with E-state index in [9.17, 15) is 9.90 Å². The third kappa shape index (κ3) is 2.71. The fourth-order valence-corrected chi connectivity index (χ4v) is 3.32. The summed E-state index contributed by atoms with van der Waals surface area (Å²) in [6, 6.07) is 12.6. The van der Waals surface area contributed by atoms with Gasteiger partial charge in [-0.15, -0.1) is 0 Å². The van der Waals surface area contributed by atoms with E-state index in [0.717, 1.165) is 22.0 Å². The average Bonchev–Trinajstić information content (AvgIpc) is 2.93. The largest absolute Gasteiger partial charge is 0.478 e. The number of carbonyl (C=O) groups is 1. The van der Waals surface area contributed by atoms with E-state index in [1.807, 2.05) is 55.5 Å². The first-order valence-corrected chi connectivity index (χ1v) is 7.62. The van der Waals surface area contributed by atoms with Crippen LogP contribution < -0.4 is 0 Å². The quantitative estimate of drug-likeness (QED) is 0.755. The highest BCUT2D eigenvalue weighted by molar-refractivity contribution is 6.35. The smallest absolute Gasteiger partial charge is 0.336 e. The zero-order valence-electron chi connectivity index (χ0n) is 12.9. The molecule has 4 nitrogen and oxygen atoms in total. The third-order valence-corrected chi connectivity index (χ3v) is 4.30. The summed E-state index contributed by atoms with van der Waals surface area (Å²) < 4.78 is 0. The third-order valence-electron chi connectivity index (χ3n) is 3.98. The van der Waals surface area contributed by atoms with Gasteiger partial charge in [0.25, 0.3) is 0 Å². The van der Waals surface area contributed by atoms with Crippen LogP contribution >= 0.6 is 11.6 Å². The standard InChI is InChI=1S/C18H17ClN2O2/c1-21(2)17(11-6-3-4-7-12(11)18(22)23)13-10-20-15-9-5-8-14(19)16(13)15/h3-10,17,20H,1-2H3,(H,22,23). The predicted octanol–water partition coefficient (Wildman–Crippen LogP) is 4.17. The number of hydrogen-bond donors (Lipinski definition) is 2. The molecule has 1 atom stereocenters. The Kier molecular flexibility index (Phi) is 4.11. The Morgan fingerprint density at radius 2 is 1.87 bits per heavy atom. The number of benzene rings is 2. The first-order chi connectivity index (χ1) is 11.0. The van der Waals surface area contributed by atoms with E-state index < -0.39 is 5.97 Å². The predicted molar refractivity (Wildman–Crippen MR) is 92.2 cm³/mol. The minimum atomic E-state index is -0.932. The van der Waals surface area contributed by atoms with Gasteiger partial charge >= 0.3 is 5.97 Å². The van der Waals surface area contributed by atoms with Crippen LogP contribution in [0.2, 0.25) is 5.02 Å². The number of H-pyrrole nitrogens is 1. The first kappa shape index (κ1) is 15.6. The van der Waals surface area contributed by atoms with Gasteiger partial charge in [0, 0.05) is 22.7 Å². The normalized spacial score (nSPS) is 12.7. The van der Waals surface area contributed by atoms with Crippen LogP contribution in [-0.4, -0.2) is 35.1 Å². The van der Waals surface area contributed by atoms with E-state index in [0.29, 0.717) is 10.6 Å². The molecule has 0 radical (unpaired) electrons. The molecule has 0 amide bonds. The van der Waals surface area contributed by atoms with Crippen molar-refractivity contribution in [2.75, 3.05) is 14.1 Å². The van der Waals surface area contributed by atoms with Crippen molar-refractivity contribution in [1.29, 1.82) is 0 Å². The van der Waals surface area contributed by atoms with Gasteiger partial charge < -0.3 is 10.1 Å². The Balaban J connectivity index is 2.26. The molecule has 1 unspecified atom stereocenters. The fraction of sp³-hybridized carbons (Fsp3) is 0.167. The second-order valence-corrected chi connectivity index (χ2v) is 6.07. The molecule has 0 saturated carbocycles. The number of carboxylic acid groups (broad SMARTS) is 1. The van der Waals surface area contributed by atoms with Crippen LogP contribution in [0.3, 0.4) is 0 Å². The lowest BCUT2D eigenvalue weighted by Gasteiger charge is -2.26. The van der Waals surface area contributed by atoms with Gasteiger partial charge in [-0.25, -0.2) is 4.79 Å². The highest BCUT2D eigenvalue weighted by Gasteiger charge is 2.25. The summed E-state index contributed by atoms with van der Waals surface area (Å²) in [6.07, 6.45) is 1.90. The van der Waals surface area contributed by atoms with Gasteiger partial charge in [-0.2, -0.15) is 0 Å². The Hall–Kier alpha value is -2.30. The minimum absolute atomic E-state index is 0.212. The molecule has 3 aromatic rings. The molecule has 2 N–H and O–H groups in total. The van der Waals surface area contributed by atoms with Gasteiger partial charge in [0.05, 0.1) is 16.6 Å². The Morgan fingerprint density at radius 3 is 2.57 bits per heavy atom. The van der Waals surface area contributed by atoms with Crippen LogP contribution in [0.5, 0.6) is 0 Å². The molecule has 0 bridgehead atoms. The van der Waals surface area contributed by atoms with Crippen molar-refractivity contribution in [1.82, 2.24) is 9.88 Å². The van der Waals surface area contributed by atoms with E-state index in [1.54, 1.807) is 12.1 Å². The maximum atomic E-state index is 11.6. The fourth-order valence-electron chi connectivity index (χ4n) is 3.04. The summed E-state index contributed by atoms with van der Waals surface area (Å²) in [5.41, 5.74) is 2.94. The van der Waals surface area contributed by atoms with Crippen molar-refractivity contribution in [3.8, 4) is 0 Å². The van der Waals surface area contributed by atoms with Crippen LogP contribution in [0.15, 0.2) is 48.7 Å². The second kappa shape index (κ2) is 6.07. The molecule has 0 aliphatic carbocycles. The number of aromatic carboxylic acids is 1. The number of aromatic nitrogens is 1. The van der Waals surface area contributed by atoms with Gasteiger partial charge in [0.15, 0.2) is 0 Å². The highest BCUT2D eigenvalue weighted by atomic mass is 35.5.